The number of rotatable bonds is 6. The van der Waals surface area contributed by atoms with Gasteiger partial charge in [0, 0.05) is 16.2 Å². The molecule has 1 atom stereocenters. The molecule has 0 bridgehead atoms. The molecule has 1 aliphatic heterocycles. The van der Waals surface area contributed by atoms with Gasteiger partial charge in [0.1, 0.15) is 5.75 Å². The molecule has 0 spiro atoms. The summed E-state index contributed by atoms with van der Waals surface area (Å²) in [5, 5.41) is 2.96. The van der Waals surface area contributed by atoms with Crippen LogP contribution in [0.25, 0.3) is 0 Å². The highest BCUT2D eigenvalue weighted by atomic mass is 127. The van der Waals surface area contributed by atoms with Gasteiger partial charge in [-0.3, -0.25) is 9.69 Å². The summed E-state index contributed by atoms with van der Waals surface area (Å²) < 4.78 is 6.62. The van der Waals surface area contributed by atoms with Gasteiger partial charge in [-0.25, -0.2) is 0 Å². The highest BCUT2D eigenvalue weighted by molar-refractivity contribution is 14.1. The highest BCUT2D eigenvalue weighted by Crippen LogP contribution is 2.15. The second-order valence-corrected chi connectivity index (χ2v) is 6.22. The maximum Gasteiger partial charge on any atom is 0.257 e. The van der Waals surface area contributed by atoms with Crippen LogP contribution in [0.4, 0.5) is 0 Å². The Morgan fingerprint density at radius 2 is 2.20 bits per heavy atom. The standard InChI is InChI=1S/C15H21IN2O2/c1-2-18-9-3-4-13(18)10-17-15(19)11-20-14-7-5-12(16)6-8-14/h5-8,13H,2-4,9-11H2,1H3,(H,17,19). The molecule has 1 N–H and O–H groups in total. The minimum atomic E-state index is -0.0495. The zero-order valence-electron chi connectivity index (χ0n) is 11.8. The zero-order valence-corrected chi connectivity index (χ0v) is 13.9. The number of nitrogens with one attached hydrogen (secondary N) is 1. The number of likely N-dealkylation sites (tertiary alicyclic amines) is 1. The van der Waals surface area contributed by atoms with Crippen molar-refractivity contribution in [2.24, 2.45) is 0 Å². The molecule has 4 nitrogen and oxygen atoms in total. The van der Waals surface area contributed by atoms with Crippen LogP contribution in [0.5, 0.6) is 5.75 Å². The Bertz CT molecular complexity index is 436. The van der Waals surface area contributed by atoms with Crippen LogP contribution in [0.15, 0.2) is 24.3 Å². The van der Waals surface area contributed by atoms with Crippen molar-refractivity contribution >= 4 is 28.5 Å². The molecular formula is C15H21IN2O2. The van der Waals surface area contributed by atoms with Gasteiger partial charge >= 0.3 is 0 Å². The van der Waals surface area contributed by atoms with Gasteiger partial charge < -0.3 is 10.1 Å². The van der Waals surface area contributed by atoms with Crippen molar-refractivity contribution in [2.75, 3.05) is 26.2 Å². The summed E-state index contributed by atoms with van der Waals surface area (Å²) in [7, 11) is 0. The van der Waals surface area contributed by atoms with Crippen LogP contribution in [-0.4, -0.2) is 43.1 Å². The van der Waals surface area contributed by atoms with Crippen molar-refractivity contribution in [1.29, 1.82) is 0 Å². The number of carbonyl (C=O) groups is 1. The van der Waals surface area contributed by atoms with E-state index < -0.39 is 0 Å². The molecule has 0 aromatic heterocycles. The number of likely N-dealkylation sites (N-methyl/N-ethyl adjacent to an activating group) is 1. The third kappa shape index (κ3) is 4.63. The predicted octanol–water partition coefficient (Wildman–Crippen LogP) is 2.27. The van der Waals surface area contributed by atoms with E-state index in [9.17, 15) is 4.79 Å². The lowest BCUT2D eigenvalue weighted by atomic mass is 10.2. The van der Waals surface area contributed by atoms with E-state index in [2.05, 4.69) is 39.7 Å². The number of nitrogens with zero attached hydrogens (tertiary/aromatic N) is 1. The Labute approximate surface area is 134 Å². The monoisotopic (exact) mass is 388 g/mol. The summed E-state index contributed by atoms with van der Waals surface area (Å²) in [5.74, 6) is 0.683. The molecule has 110 valence electrons. The molecule has 0 aliphatic carbocycles. The Hall–Kier alpha value is -0.820. The molecule has 1 fully saturated rings. The summed E-state index contributed by atoms with van der Waals surface area (Å²) in [6.45, 7) is 5.18. The summed E-state index contributed by atoms with van der Waals surface area (Å²) in [4.78, 5) is 14.2. The fourth-order valence-electron chi connectivity index (χ4n) is 2.51. The first-order chi connectivity index (χ1) is 9.69. The Morgan fingerprint density at radius 3 is 2.90 bits per heavy atom. The molecule has 1 aliphatic rings. The number of ether oxygens (including phenoxy) is 1. The number of carbonyl (C=O) groups excluding carboxylic acids is 1. The van der Waals surface area contributed by atoms with Crippen LogP contribution in [0.3, 0.4) is 0 Å². The molecule has 20 heavy (non-hydrogen) atoms. The van der Waals surface area contributed by atoms with E-state index in [1.165, 1.54) is 12.8 Å². The fraction of sp³-hybridized carbons (Fsp3) is 0.533. The fourth-order valence-corrected chi connectivity index (χ4v) is 2.86. The van der Waals surface area contributed by atoms with Crippen molar-refractivity contribution in [3.8, 4) is 5.75 Å². The largest absolute Gasteiger partial charge is 0.484 e. The Balaban J connectivity index is 1.69. The molecule has 1 amide bonds. The van der Waals surface area contributed by atoms with E-state index in [-0.39, 0.29) is 12.5 Å². The summed E-state index contributed by atoms with van der Waals surface area (Å²) in [6, 6.07) is 8.18. The van der Waals surface area contributed by atoms with Gasteiger partial charge in [-0.05, 0) is 72.8 Å². The molecule has 5 heteroatoms. The van der Waals surface area contributed by atoms with Gasteiger partial charge in [0.25, 0.3) is 5.91 Å². The van der Waals surface area contributed by atoms with E-state index in [0.717, 1.165) is 29.0 Å². The predicted molar refractivity (Wildman–Crippen MR) is 87.9 cm³/mol. The van der Waals surface area contributed by atoms with Crippen LogP contribution >= 0.6 is 22.6 Å². The van der Waals surface area contributed by atoms with Crippen LogP contribution in [0.1, 0.15) is 19.8 Å². The molecule has 0 saturated carbocycles. The lowest BCUT2D eigenvalue weighted by molar-refractivity contribution is -0.123. The second kappa shape index (κ2) is 7.83. The number of benzene rings is 1. The first-order valence-electron chi connectivity index (χ1n) is 7.08. The summed E-state index contributed by atoms with van der Waals surface area (Å²) >= 11 is 2.24. The molecule has 1 aromatic rings. The average Bonchev–Trinajstić information content (AvgIpc) is 2.92. The Morgan fingerprint density at radius 1 is 1.45 bits per heavy atom. The van der Waals surface area contributed by atoms with Gasteiger partial charge in [-0.1, -0.05) is 6.92 Å². The van der Waals surface area contributed by atoms with E-state index in [4.69, 9.17) is 4.74 Å². The number of amides is 1. The normalized spacial score (nSPS) is 19.0. The topological polar surface area (TPSA) is 41.6 Å². The number of halogens is 1. The molecule has 1 saturated heterocycles. The van der Waals surface area contributed by atoms with E-state index >= 15 is 0 Å². The quantitative estimate of drug-likeness (QED) is 0.761. The lowest BCUT2D eigenvalue weighted by Crippen LogP contribution is -2.41. The lowest BCUT2D eigenvalue weighted by Gasteiger charge is -2.22. The van der Waals surface area contributed by atoms with Gasteiger partial charge in [-0.15, -0.1) is 0 Å². The molecule has 2 rings (SSSR count). The van der Waals surface area contributed by atoms with Gasteiger partial charge in [0.2, 0.25) is 0 Å². The molecular weight excluding hydrogens is 367 g/mol. The summed E-state index contributed by atoms with van der Waals surface area (Å²) in [5.41, 5.74) is 0. The van der Waals surface area contributed by atoms with Crippen molar-refractivity contribution in [3.05, 3.63) is 27.8 Å². The minimum absolute atomic E-state index is 0.0495. The first kappa shape index (κ1) is 15.6. The van der Waals surface area contributed by atoms with E-state index in [0.29, 0.717) is 6.04 Å². The average molecular weight is 388 g/mol. The van der Waals surface area contributed by atoms with Gasteiger partial charge in [0.15, 0.2) is 6.61 Å². The van der Waals surface area contributed by atoms with Crippen LogP contribution < -0.4 is 10.1 Å². The van der Waals surface area contributed by atoms with E-state index in [1.54, 1.807) is 0 Å². The maximum absolute atomic E-state index is 11.8. The molecule has 1 heterocycles. The maximum atomic E-state index is 11.8. The van der Waals surface area contributed by atoms with E-state index in [1.807, 2.05) is 24.3 Å². The Kier molecular flexibility index (Phi) is 6.09. The third-order valence-electron chi connectivity index (χ3n) is 3.62. The number of hydrogen-bond donors (Lipinski definition) is 1. The van der Waals surface area contributed by atoms with Gasteiger partial charge in [-0.2, -0.15) is 0 Å². The van der Waals surface area contributed by atoms with Crippen molar-refractivity contribution < 1.29 is 9.53 Å². The van der Waals surface area contributed by atoms with Crippen molar-refractivity contribution in [2.45, 2.75) is 25.8 Å². The minimum Gasteiger partial charge on any atom is -0.484 e. The number of hydrogen-bond acceptors (Lipinski definition) is 3. The molecule has 1 aromatic carbocycles. The zero-order chi connectivity index (χ0) is 14.4. The van der Waals surface area contributed by atoms with Crippen LogP contribution in [0, 0.1) is 3.57 Å². The summed E-state index contributed by atoms with van der Waals surface area (Å²) in [6.07, 6.45) is 2.40. The van der Waals surface area contributed by atoms with Gasteiger partial charge in [0.05, 0.1) is 0 Å². The molecule has 1 unspecified atom stereocenters. The van der Waals surface area contributed by atoms with Crippen LogP contribution in [0.2, 0.25) is 0 Å². The van der Waals surface area contributed by atoms with Crippen LogP contribution in [-0.2, 0) is 4.79 Å². The SMILES string of the molecule is CCN1CCCC1CNC(=O)COc1ccc(I)cc1. The van der Waals surface area contributed by atoms with Crippen molar-refractivity contribution in [3.63, 3.8) is 0 Å². The smallest absolute Gasteiger partial charge is 0.257 e. The highest BCUT2D eigenvalue weighted by Gasteiger charge is 2.23. The first-order valence-corrected chi connectivity index (χ1v) is 8.16. The molecule has 0 radical (unpaired) electrons. The second-order valence-electron chi connectivity index (χ2n) is 4.97. The third-order valence-corrected chi connectivity index (χ3v) is 4.34. The van der Waals surface area contributed by atoms with Crippen molar-refractivity contribution in [1.82, 2.24) is 10.2 Å².